The first kappa shape index (κ1) is 14.7. The maximum absolute atomic E-state index is 12.4. The Kier molecular flexibility index (Phi) is 4.17. The van der Waals surface area contributed by atoms with Crippen LogP contribution in [0.3, 0.4) is 0 Å². The maximum Gasteiger partial charge on any atom is 0.252 e. The van der Waals surface area contributed by atoms with Crippen LogP contribution in [0, 0.1) is 0 Å². The van der Waals surface area contributed by atoms with Gasteiger partial charge in [-0.2, -0.15) is 0 Å². The molecule has 0 saturated carbocycles. The Morgan fingerprint density at radius 2 is 2.05 bits per heavy atom. The van der Waals surface area contributed by atoms with Gasteiger partial charge in [0.2, 0.25) is 0 Å². The molecule has 0 aromatic heterocycles. The van der Waals surface area contributed by atoms with Gasteiger partial charge in [0.1, 0.15) is 6.10 Å². The van der Waals surface area contributed by atoms with Crippen molar-refractivity contribution in [2.75, 3.05) is 18.8 Å². The molecule has 2 fully saturated rings. The third-order valence-corrected chi connectivity index (χ3v) is 6.56. The predicted octanol–water partition coefficient (Wildman–Crippen LogP) is -0.473. The second kappa shape index (κ2) is 5.38. The zero-order valence-electron chi connectivity index (χ0n) is 11.4. The smallest absolute Gasteiger partial charge is 0.252 e. The Morgan fingerprint density at radius 1 is 1.37 bits per heavy atom. The van der Waals surface area contributed by atoms with E-state index in [4.69, 9.17) is 10.5 Å². The number of carbonyl (C=O) groups excluding carboxylic acids is 1. The molecule has 2 aliphatic rings. The topological polar surface area (TPSA) is 89.7 Å². The Balaban J connectivity index is 2.05. The van der Waals surface area contributed by atoms with Crippen molar-refractivity contribution in [3.05, 3.63) is 0 Å². The van der Waals surface area contributed by atoms with E-state index in [-0.39, 0.29) is 30.4 Å². The average Bonchev–Trinajstić information content (AvgIpc) is 2.84. The number of hydrogen-bond acceptors (Lipinski definition) is 5. The molecule has 0 aromatic carbocycles. The molecule has 0 spiro atoms. The molecule has 19 heavy (non-hydrogen) atoms. The van der Waals surface area contributed by atoms with E-state index in [1.54, 1.807) is 18.7 Å². The molecule has 0 radical (unpaired) electrons. The minimum atomic E-state index is -3.07. The summed E-state index contributed by atoms with van der Waals surface area (Å²) >= 11 is 0. The van der Waals surface area contributed by atoms with Crippen molar-refractivity contribution in [2.24, 2.45) is 5.73 Å². The molecule has 6 nitrogen and oxygen atoms in total. The van der Waals surface area contributed by atoms with Crippen LogP contribution >= 0.6 is 0 Å². The molecule has 0 bridgehead atoms. The number of amides is 1. The van der Waals surface area contributed by atoms with Gasteiger partial charge < -0.3 is 15.4 Å². The lowest BCUT2D eigenvalue weighted by Gasteiger charge is -2.38. The Morgan fingerprint density at radius 3 is 2.63 bits per heavy atom. The van der Waals surface area contributed by atoms with Crippen molar-refractivity contribution < 1.29 is 17.9 Å². The van der Waals surface area contributed by atoms with Gasteiger partial charge in [-0.05, 0) is 26.7 Å². The van der Waals surface area contributed by atoms with Crippen molar-refractivity contribution >= 4 is 15.7 Å². The number of nitrogens with zero attached hydrogens (tertiary/aromatic N) is 1. The summed E-state index contributed by atoms with van der Waals surface area (Å²) < 4.78 is 29.2. The number of nitrogens with two attached hydrogens (primary N) is 1. The lowest BCUT2D eigenvalue weighted by molar-refractivity contribution is -0.144. The molecule has 2 saturated heterocycles. The van der Waals surface area contributed by atoms with Crippen LogP contribution in [-0.2, 0) is 19.4 Å². The second-order valence-electron chi connectivity index (χ2n) is 5.40. The van der Waals surface area contributed by atoms with E-state index >= 15 is 0 Å². The first-order chi connectivity index (χ1) is 8.86. The van der Waals surface area contributed by atoms with Crippen LogP contribution in [0.2, 0.25) is 0 Å². The molecule has 0 aliphatic carbocycles. The Hall–Kier alpha value is -0.660. The van der Waals surface area contributed by atoms with E-state index in [1.165, 1.54) is 0 Å². The van der Waals surface area contributed by atoms with E-state index in [1.807, 2.05) is 0 Å². The average molecular weight is 290 g/mol. The summed E-state index contributed by atoms with van der Waals surface area (Å²) in [5.74, 6) is -0.0534. The molecule has 2 unspecified atom stereocenters. The summed E-state index contributed by atoms with van der Waals surface area (Å²) in [5.41, 5.74) is 5.53. The highest BCUT2D eigenvalue weighted by atomic mass is 32.2. The van der Waals surface area contributed by atoms with Gasteiger partial charge in [-0.15, -0.1) is 0 Å². The van der Waals surface area contributed by atoms with Crippen LogP contribution in [0.1, 0.15) is 26.7 Å². The molecular formula is C12H22N2O4S. The summed E-state index contributed by atoms with van der Waals surface area (Å²) in [6, 6.07) is -0.299. The fourth-order valence-electron chi connectivity index (χ4n) is 2.73. The first-order valence-corrected chi connectivity index (χ1v) is 8.46. The van der Waals surface area contributed by atoms with Crippen molar-refractivity contribution in [3.63, 3.8) is 0 Å². The van der Waals surface area contributed by atoms with Gasteiger partial charge in [-0.1, -0.05) is 0 Å². The number of ether oxygens (including phenoxy) is 1. The zero-order valence-corrected chi connectivity index (χ0v) is 12.2. The fourth-order valence-corrected chi connectivity index (χ4v) is 4.30. The second-order valence-corrected chi connectivity index (χ2v) is 7.88. The van der Waals surface area contributed by atoms with E-state index in [9.17, 15) is 13.2 Å². The van der Waals surface area contributed by atoms with E-state index in [2.05, 4.69) is 0 Å². The molecular weight excluding hydrogens is 268 g/mol. The molecule has 4 atom stereocenters. The third-order valence-electron chi connectivity index (χ3n) is 4.28. The maximum atomic E-state index is 12.4. The summed E-state index contributed by atoms with van der Waals surface area (Å²) in [6.45, 7) is 4.14. The first-order valence-electron chi connectivity index (χ1n) is 6.74. The minimum absolute atomic E-state index is 0.0390. The monoisotopic (exact) mass is 290 g/mol. The molecule has 0 aromatic rings. The Bertz CT molecular complexity index is 451. The highest BCUT2D eigenvalue weighted by molar-refractivity contribution is 7.92. The highest BCUT2D eigenvalue weighted by Gasteiger charge is 2.41. The number of hydrogen-bond donors (Lipinski definition) is 1. The van der Waals surface area contributed by atoms with Crippen LogP contribution in [0.25, 0.3) is 0 Å². The lowest BCUT2D eigenvalue weighted by atomic mass is 10.1. The zero-order chi connectivity index (χ0) is 14.2. The molecule has 2 rings (SSSR count). The van der Waals surface area contributed by atoms with Gasteiger partial charge in [0, 0.05) is 19.1 Å². The molecule has 1 amide bonds. The SMILES string of the molecule is CC1C(C)S(=O)(=O)CCN1C(=O)[C@@H]1CC[C@H](CN)O1. The Labute approximate surface area is 114 Å². The quantitative estimate of drug-likeness (QED) is 0.742. The summed E-state index contributed by atoms with van der Waals surface area (Å²) in [4.78, 5) is 14.0. The van der Waals surface area contributed by atoms with Crippen molar-refractivity contribution in [2.45, 2.75) is 50.2 Å². The van der Waals surface area contributed by atoms with Crippen molar-refractivity contribution in [1.29, 1.82) is 0 Å². The van der Waals surface area contributed by atoms with Gasteiger partial charge >= 0.3 is 0 Å². The standard InChI is InChI=1S/C12H22N2O4S/c1-8-9(2)19(16,17)6-5-14(8)12(15)11-4-3-10(7-13)18-11/h8-11H,3-7,13H2,1-2H3/t8?,9?,10-,11+/m1/s1. The molecule has 110 valence electrons. The fraction of sp³-hybridized carbons (Fsp3) is 0.917. The lowest BCUT2D eigenvalue weighted by Crippen LogP contribution is -2.56. The normalized spacial score (nSPS) is 38.4. The minimum Gasteiger partial charge on any atom is -0.364 e. The van der Waals surface area contributed by atoms with Crippen LogP contribution in [0.4, 0.5) is 0 Å². The van der Waals surface area contributed by atoms with Crippen molar-refractivity contribution in [1.82, 2.24) is 4.90 Å². The van der Waals surface area contributed by atoms with Gasteiger partial charge in [0.05, 0.1) is 17.1 Å². The van der Waals surface area contributed by atoms with Gasteiger partial charge in [0.15, 0.2) is 9.84 Å². The summed E-state index contributed by atoms with van der Waals surface area (Å²) in [5, 5.41) is -0.517. The summed E-state index contributed by atoms with van der Waals surface area (Å²) in [6.07, 6.45) is 0.966. The number of carbonyl (C=O) groups is 1. The summed E-state index contributed by atoms with van der Waals surface area (Å²) in [7, 11) is -3.07. The van der Waals surface area contributed by atoms with E-state index in [0.29, 0.717) is 13.0 Å². The molecule has 2 N–H and O–H groups in total. The molecule has 2 aliphatic heterocycles. The van der Waals surface area contributed by atoms with E-state index in [0.717, 1.165) is 6.42 Å². The van der Waals surface area contributed by atoms with Gasteiger partial charge in [0.25, 0.3) is 5.91 Å². The van der Waals surface area contributed by atoms with Crippen LogP contribution < -0.4 is 5.73 Å². The van der Waals surface area contributed by atoms with Gasteiger partial charge in [-0.3, -0.25) is 4.79 Å². The van der Waals surface area contributed by atoms with Crippen LogP contribution in [0.15, 0.2) is 0 Å². The number of rotatable bonds is 2. The van der Waals surface area contributed by atoms with Gasteiger partial charge in [-0.25, -0.2) is 8.42 Å². The van der Waals surface area contributed by atoms with Crippen LogP contribution in [0.5, 0.6) is 0 Å². The largest absolute Gasteiger partial charge is 0.364 e. The van der Waals surface area contributed by atoms with E-state index < -0.39 is 21.2 Å². The highest BCUT2D eigenvalue weighted by Crippen LogP contribution is 2.25. The number of sulfone groups is 1. The third kappa shape index (κ3) is 2.78. The molecule has 2 heterocycles. The predicted molar refractivity (Wildman–Crippen MR) is 71.4 cm³/mol. The van der Waals surface area contributed by atoms with Crippen molar-refractivity contribution in [3.8, 4) is 0 Å². The molecule has 7 heteroatoms. The van der Waals surface area contributed by atoms with Crippen LogP contribution in [-0.4, -0.2) is 61.6 Å².